The standard InChI is InChI=1S/C13H12ClN3/c14-9-3-1-4-10(7-9)17-13-11-5-2-6-12(11)15-8-16-13/h1,3-4,7-8H,2,5-6H2,(H,15,16,17). The lowest BCUT2D eigenvalue weighted by Crippen LogP contribution is -2.00. The van der Waals surface area contributed by atoms with Crippen molar-refractivity contribution >= 4 is 23.1 Å². The van der Waals surface area contributed by atoms with E-state index in [2.05, 4.69) is 15.3 Å². The average molecular weight is 246 g/mol. The lowest BCUT2D eigenvalue weighted by Gasteiger charge is -2.09. The molecule has 2 aromatic rings. The van der Waals surface area contributed by atoms with Gasteiger partial charge in [0.2, 0.25) is 0 Å². The SMILES string of the molecule is Clc1cccc(Nc2ncnc3c2CCC3)c1. The molecule has 86 valence electrons. The van der Waals surface area contributed by atoms with E-state index in [1.165, 1.54) is 11.3 Å². The second-order valence-electron chi connectivity index (χ2n) is 4.14. The van der Waals surface area contributed by atoms with Crippen molar-refractivity contribution in [2.24, 2.45) is 0 Å². The van der Waals surface area contributed by atoms with Gasteiger partial charge in [0, 0.05) is 22.0 Å². The highest BCUT2D eigenvalue weighted by molar-refractivity contribution is 6.30. The van der Waals surface area contributed by atoms with Gasteiger partial charge in [-0.3, -0.25) is 0 Å². The fraction of sp³-hybridized carbons (Fsp3) is 0.231. The summed E-state index contributed by atoms with van der Waals surface area (Å²) in [5, 5.41) is 4.03. The second kappa shape index (κ2) is 4.34. The molecule has 0 atom stereocenters. The van der Waals surface area contributed by atoms with E-state index in [0.29, 0.717) is 0 Å². The number of nitrogens with one attached hydrogen (secondary N) is 1. The number of benzene rings is 1. The third kappa shape index (κ3) is 2.11. The third-order valence-electron chi connectivity index (χ3n) is 2.96. The van der Waals surface area contributed by atoms with Gasteiger partial charge >= 0.3 is 0 Å². The summed E-state index contributed by atoms with van der Waals surface area (Å²) in [6.45, 7) is 0. The number of hydrogen-bond donors (Lipinski definition) is 1. The van der Waals surface area contributed by atoms with Gasteiger partial charge < -0.3 is 5.32 Å². The van der Waals surface area contributed by atoms with Crippen LogP contribution in [0.1, 0.15) is 17.7 Å². The molecule has 17 heavy (non-hydrogen) atoms. The van der Waals surface area contributed by atoms with Crippen molar-refractivity contribution in [3.05, 3.63) is 46.9 Å². The highest BCUT2D eigenvalue weighted by Gasteiger charge is 2.16. The van der Waals surface area contributed by atoms with Crippen molar-refractivity contribution in [1.82, 2.24) is 9.97 Å². The maximum atomic E-state index is 5.96. The van der Waals surface area contributed by atoms with E-state index in [1.807, 2.05) is 24.3 Å². The molecule has 0 saturated heterocycles. The van der Waals surface area contributed by atoms with Crippen molar-refractivity contribution in [3.8, 4) is 0 Å². The summed E-state index contributed by atoms with van der Waals surface area (Å²) < 4.78 is 0. The summed E-state index contributed by atoms with van der Waals surface area (Å²) in [5.41, 5.74) is 3.38. The highest BCUT2D eigenvalue weighted by atomic mass is 35.5. The fourth-order valence-corrected chi connectivity index (χ4v) is 2.36. The smallest absolute Gasteiger partial charge is 0.137 e. The minimum atomic E-state index is 0.723. The Labute approximate surface area is 105 Å². The van der Waals surface area contributed by atoms with E-state index in [1.54, 1.807) is 6.33 Å². The molecule has 1 aromatic carbocycles. The lowest BCUT2D eigenvalue weighted by atomic mass is 10.2. The number of nitrogens with zero attached hydrogens (tertiary/aromatic N) is 2. The number of hydrogen-bond acceptors (Lipinski definition) is 3. The normalized spacial score (nSPS) is 13.5. The molecule has 0 saturated carbocycles. The van der Waals surface area contributed by atoms with Crippen LogP contribution in [0.4, 0.5) is 11.5 Å². The monoisotopic (exact) mass is 245 g/mol. The van der Waals surface area contributed by atoms with Crippen molar-refractivity contribution in [3.63, 3.8) is 0 Å². The summed E-state index contributed by atoms with van der Waals surface area (Å²) in [4.78, 5) is 8.61. The quantitative estimate of drug-likeness (QED) is 0.882. The molecular weight excluding hydrogens is 234 g/mol. The van der Waals surface area contributed by atoms with Crippen LogP contribution in [-0.2, 0) is 12.8 Å². The van der Waals surface area contributed by atoms with Crippen LogP contribution in [0.5, 0.6) is 0 Å². The Morgan fingerprint density at radius 3 is 3.00 bits per heavy atom. The van der Waals surface area contributed by atoms with E-state index < -0.39 is 0 Å². The Bertz CT molecular complexity index is 554. The fourth-order valence-electron chi connectivity index (χ4n) is 2.17. The van der Waals surface area contributed by atoms with Crippen LogP contribution in [0.25, 0.3) is 0 Å². The first-order chi connectivity index (χ1) is 8.33. The number of halogens is 1. The Balaban J connectivity index is 1.93. The molecule has 0 unspecified atom stereocenters. The Hall–Kier alpha value is -1.61. The zero-order valence-electron chi connectivity index (χ0n) is 9.28. The molecule has 0 radical (unpaired) electrons. The van der Waals surface area contributed by atoms with Crippen LogP contribution in [0, 0.1) is 0 Å². The van der Waals surface area contributed by atoms with Gasteiger partial charge in [0.25, 0.3) is 0 Å². The predicted molar refractivity (Wildman–Crippen MR) is 68.8 cm³/mol. The molecule has 1 aliphatic carbocycles. The molecule has 0 bridgehead atoms. The lowest BCUT2D eigenvalue weighted by molar-refractivity contribution is 0.899. The van der Waals surface area contributed by atoms with Crippen LogP contribution in [-0.4, -0.2) is 9.97 Å². The van der Waals surface area contributed by atoms with Gasteiger partial charge in [-0.05, 0) is 37.5 Å². The van der Waals surface area contributed by atoms with Crippen molar-refractivity contribution < 1.29 is 0 Å². The number of aromatic nitrogens is 2. The first-order valence-electron chi connectivity index (χ1n) is 5.68. The highest BCUT2D eigenvalue weighted by Crippen LogP contribution is 2.28. The number of anilines is 2. The molecule has 0 aliphatic heterocycles. The predicted octanol–water partition coefficient (Wildman–Crippen LogP) is 3.36. The first-order valence-corrected chi connectivity index (χ1v) is 6.06. The molecule has 1 aliphatic rings. The molecule has 1 N–H and O–H groups in total. The molecule has 3 nitrogen and oxygen atoms in total. The summed E-state index contributed by atoms with van der Waals surface area (Å²) in [6, 6.07) is 7.66. The van der Waals surface area contributed by atoms with Crippen LogP contribution in [0.3, 0.4) is 0 Å². The number of rotatable bonds is 2. The number of fused-ring (bicyclic) bond motifs is 1. The molecule has 1 aromatic heterocycles. The third-order valence-corrected chi connectivity index (χ3v) is 3.20. The van der Waals surface area contributed by atoms with Crippen LogP contribution >= 0.6 is 11.6 Å². The first kappa shape index (κ1) is 10.5. The summed E-state index contributed by atoms with van der Waals surface area (Å²) in [7, 11) is 0. The molecule has 3 rings (SSSR count). The van der Waals surface area contributed by atoms with Crippen LogP contribution < -0.4 is 5.32 Å². The maximum Gasteiger partial charge on any atom is 0.137 e. The Kier molecular flexibility index (Phi) is 2.69. The van der Waals surface area contributed by atoms with Crippen LogP contribution in [0.15, 0.2) is 30.6 Å². The molecular formula is C13H12ClN3. The van der Waals surface area contributed by atoms with Gasteiger partial charge in [0.05, 0.1) is 0 Å². The molecule has 0 fully saturated rings. The van der Waals surface area contributed by atoms with Crippen molar-refractivity contribution in [2.75, 3.05) is 5.32 Å². The van der Waals surface area contributed by atoms with Gasteiger partial charge in [0.15, 0.2) is 0 Å². The maximum absolute atomic E-state index is 5.96. The molecule has 1 heterocycles. The van der Waals surface area contributed by atoms with E-state index in [-0.39, 0.29) is 0 Å². The molecule has 0 spiro atoms. The largest absolute Gasteiger partial charge is 0.340 e. The number of aryl methyl sites for hydroxylation is 1. The van der Waals surface area contributed by atoms with E-state index >= 15 is 0 Å². The topological polar surface area (TPSA) is 37.8 Å². The van der Waals surface area contributed by atoms with E-state index in [9.17, 15) is 0 Å². The van der Waals surface area contributed by atoms with Crippen LogP contribution in [0.2, 0.25) is 5.02 Å². The minimum Gasteiger partial charge on any atom is -0.340 e. The van der Waals surface area contributed by atoms with Gasteiger partial charge in [-0.15, -0.1) is 0 Å². The van der Waals surface area contributed by atoms with Crippen molar-refractivity contribution in [2.45, 2.75) is 19.3 Å². The molecule has 4 heteroatoms. The Morgan fingerprint density at radius 2 is 2.12 bits per heavy atom. The Morgan fingerprint density at radius 1 is 1.18 bits per heavy atom. The average Bonchev–Trinajstić information content (AvgIpc) is 2.78. The zero-order valence-corrected chi connectivity index (χ0v) is 10.0. The summed E-state index contributed by atoms with van der Waals surface area (Å²) >= 11 is 5.96. The summed E-state index contributed by atoms with van der Waals surface area (Å²) in [6.07, 6.45) is 4.90. The zero-order chi connectivity index (χ0) is 11.7. The minimum absolute atomic E-state index is 0.723. The van der Waals surface area contributed by atoms with Gasteiger partial charge in [0.1, 0.15) is 12.1 Å². The van der Waals surface area contributed by atoms with Gasteiger partial charge in [-0.25, -0.2) is 9.97 Å². The molecule has 0 amide bonds. The van der Waals surface area contributed by atoms with E-state index in [4.69, 9.17) is 11.6 Å². The summed E-state index contributed by atoms with van der Waals surface area (Å²) in [5.74, 6) is 0.912. The van der Waals surface area contributed by atoms with Gasteiger partial charge in [-0.1, -0.05) is 17.7 Å². The van der Waals surface area contributed by atoms with Gasteiger partial charge in [-0.2, -0.15) is 0 Å². The second-order valence-corrected chi connectivity index (χ2v) is 4.57. The van der Waals surface area contributed by atoms with Crippen molar-refractivity contribution in [1.29, 1.82) is 0 Å². The van der Waals surface area contributed by atoms with E-state index in [0.717, 1.165) is 35.8 Å².